The van der Waals surface area contributed by atoms with Crippen LogP contribution in [-0.2, 0) is 0 Å². The summed E-state index contributed by atoms with van der Waals surface area (Å²) in [6, 6.07) is 14.8. The molecule has 0 unspecified atom stereocenters. The summed E-state index contributed by atoms with van der Waals surface area (Å²) < 4.78 is 0. The molecule has 0 atom stereocenters. The SMILES string of the molecule is CNc1ccc(Nc2c(C)cccc2C(C)C)cc1. The molecule has 2 N–H and O–H groups in total. The Bertz CT molecular complexity index is 542. The van der Waals surface area contributed by atoms with Gasteiger partial charge in [0.25, 0.3) is 0 Å². The lowest BCUT2D eigenvalue weighted by molar-refractivity contribution is 0.867. The quantitative estimate of drug-likeness (QED) is 0.810. The molecule has 0 radical (unpaired) electrons. The fourth-order valence-electron chi connectivity index (χ4n) is 2.21. The van der Waals surface area contributed by atoms with Crippen molar-refractivity contribution in [1.82, 2.24) is 0 Å². The molecule has 0 saturated heterocycles. The van der Waals surface area contributed by atoms with Crippen LogP contribution in [0.5, 0.6) is 0 Å². The van der Waals surface area contributed by atoms with Crippen LogP contribution in [0.4, 0.5) is 17.1 Å². The number of para-hydroxylation sites is 1. The Kier molecular flexibility index (Phi) is 4.10. The smallest absolute Gasteiger partial charge is 0.0449 e. The predicted molar refractivity (Wildman–Crippen MR) is 84.5 cm³/mol. The standard InChI is InChI=1S/C17H22N2/c1-12(2)16-7-5-6-13(3)17(16)19-15-10-8-14(18-4)9-11-15/h5-12,18-19H,1-4H3. The minimum atomic E-state index is 0.513. The third-order valence-electron chi connectivity index (χ3n) is 3.37. The van der Waals surface area contributed by atoms with Gasteiger partial charge < -0.3 is 10.6 Å². The molecule has 2 nitrogen and oxygen atoms in total. The molecular weight excluding hydrogens is 232 g/mol. The van der Waals surface area contributed by atoms with E-state index in [2.05, 4.69) is 73.9 Å². The maximum atomic E-state index is 3.55. The van der Waals surface area contributed by atoms with Crippen LogP contribution in [0.25, 0.3) is 0 Å². The van der Waals surface area contributed by atoms with Crippen LogP contribution in [0.3, 0.4) is 0 Å². The first-order valence-corrected chi connectivity index (χ1v) is 6.76. The average Bonchev–Trinajstić information content (AvgIpc) is 2.41. The number of benzene rings is 2. The summed E-state index contributed by atoms with van der Waals surface area (Å²) in [4.78, 5) is 0. The number of nitrogens with one attached hydrogen (secondary N) is 2. The topological polar surface area (TPSA) is 24.1 Å². The number of hydrogen-bond donors (Lipinski definition) is 2. The zero-order valence-electron chi connectivity index (χ0n) is 12.1. The van der Waals surface area contributed by atoms with Gasteiger partial charge in [-0.3, -0.25) is 0 Å². The molecular formula is C17H22N2. The molecule has 0 aliphatic rings. The van der Waals surface area contributed by atoms with E-state index in [4.69, 9.17) is 0 Å². The monoisotopic (exact) mass is 254 g/mol. The van der Waals surface area contributed by atoms with Crippen molar-refractivity contribution in [3.63, 3.8) is 0 Å². The summed E-state index contributed by atoms with van der Waals surface area (Å²) in [5.41, 5.74) is 6.12. The van der Waals surface area contributed by atoms with Crippen LogP contribution in [0.2, 0.25) is 0 Å². The molecule has 19 heavy (non-hydrogen) atoms. The molecule has 2 rings (SSSR count). The molecule has 0 spiro atoms. The second-order valence-electron chi connectivity index (χ2n) is 5.15. The van der Waals surface area contributed by atoms with E-state index in [9.17, 15) is 0 Å². The summed E-state index contributed by atoms with van der Waals surface area (Å²) >= 11 is 0. The van der Waals surface area contributed by atoms with Crippen molar-refractivity contribution in [3.8, 4) is 0 Å². The summed E-state index contributed by atoms with van der Waals surface area (Å²) in [6.07, 6.45) is 0. The van der Waals surface area contributed by atoms with Gasteiger partial charge in [-0.15, -0.1) is 0 Å². The highest BCUT2D eigenvalue weighted by atomic mass is 14.9. The lowest BCUT2D eigenvalue weighted by Crippen LogP contribution is -2.00. The maximum absolute atomic E-state index is 3.55. The van der Waals surface area contributed by atoms with E-state index in [1.165, 1.54) is 16.8 Å². The molecule has 0 aliphatic heterocycles. The van der Waals surface area contributed by atoms with E-state index < -0.39 is 0 Å². The van der Waals surface area contributed by atoms with Crippen LogP contribution in [0.15, 0.2) is 42.5 Å². The van der Waals surface area contributed by atoms with Gasteiger partial charge in [0.05, 0.1) is 0 Å². The predicted octanol–water partition coefficient (Wildman–Crippen LogP) is 4.90. The molecule has 100 valence electrons. The Labute approximate surface area is 115 Å². The number of anilines is 3. The van der Waals surface area contributed by atoms with Crippen LogP contribution in [0, 0.1) is 6.92 Å². The molecule has 0 aliphatic carbocycles. The van der Waals surface area contributed by atoms with Gasteiger partial charge in [-0.25, -0.2) is 0 Å². The molecule has 0 fully saturated rings. The van der Waals surface area contributed by atoms with Crippen molar-refractivity contribution in [3.05, 3.63) is 53.6 Å². The van der Waals surface area contributed by atoms with Crippen molar-refractivity contribution in [2.45, 2.75) is 26.7 Å². The Morgan fingerprint density at radius 1 is 0.895 bits per heavy atom. The van der Waals surface area contributed by atoms with Crippen LogP contribution in [0.1, 0.15) is 30.9 Å². The van der Waals surface area contributed by atoms with E-state index in [0.717, 1.165) is 11.4 Å². The van der Waals surface area contributed by atoms with Crippen molar-refractivity contribution in [1.29, 1.82) is 0 Å². The second-order valence-corrected chi connectivity index (χ2v) is 5.15. The highest BCUT2D eigenvalue weighted by Crippen LogP contribution is 2.30. The van der Waals surface area contributed by atoms with Crippen molar-refractivity contribution < 1.29 is 0 Å². The summed E-state index contributed by atoms with van der Waals surface area (Å²) in [5.74, 6) is 0.513. The Balaban J connectivity index is 2.31. The molecule has 0 heterocycles. The fraction of sp³-hybridized carbons (Fsp3) is 0.294. The van der Waals surface area contributed by atoms with Crippen molar-refractivity contribution in [2.75, 3.05) is 17.7 Å². The third-order valence-corrected chi connectivity index (χ3v) is 3.37. The molecule has 0 saturated carbocycles. The summed E-state index contributed by atoms with van der Waals surface area (Å²) in [7, 11) is 1.93. The fourth-order valence-corrected chi connectivity index (χ4v) is 2.21. The Morgan fingerprint density at radius 2 is 1.53 bits per heavy atom. The third kappa shape index (κ3) is 3.08. The van der Waals surface area contributed by atoms with Crippen LogP contribution in [-0.4, -0.2) is 7.05 Å². The second kappa shape index (κ2) is 5.79. The van der Waals surface area contributed by atoms with E-state index in [1.807, 2.05) is 7.05 Å². The van der Waals surface area contributed by atoms with Gasteiger partial charge in [0.2, 0.25) is 0 Å². The molecule has 0 aromatic heterocycles. The summed E-state index contributed by atoms with van der Waals surface area (Å²) in [6.45, 7) is 6.60. The first-order chi connectivity index (χ1) is 9.11. The van der Waals surface area contributed by atoms with E-state index in [1.54, 1.807) is 0 Å². The molecule has 0 bridgehead atoms. The molecule has 0 amide bonds. The van der Waals surface area contributed by atoms with Crippen molar-refractivity contribution in [2.24, 2.45) is 0 Å². The molecule has 2 heteroatoms. The van der Waals surface area contributed by atoms with Gasteiger partial charge in [-0.05, 0) is 48.2 Å². The van der Waals surface area contributed by atoms with Gasteiger partial charge >= 0.3 is 0 Å². The normalized spacial score (nSPS) is 10.6. The number of rotatable bonds is 4. The zero-order valence-corrected chi connectivity index (χ0v) is 12.1. The van der Waals surface area contributed by atoms with E-state index in [-0.39, 0.29) is 0 Å². The number of hydrogen-bond acceptors (Lipinski definition) is 2. The summed E-state index contributed by atoms with van der Waals surface area (Å²) in [5, 5.41) is 6.68. The largest absolute Gasteiger partial charge is 0.388 e. The maximum Gasteiger partial charge on any atom is 0.0449 e. The zero-order chi connectivity index (χ0) is 13.8. The van der Waals surface area contributed by atoms with Crippen molar-refractivity contribution >= 4 is 17.1 Å². The van der Waals surface area contributed by atoms with Gasteiger partial charge in [0, 0.05) is 24.1 Å². The van der Waals surface area contributed by atoms with E-state index in [0.29, 0.717) is 5.92 Å². The van der Waals surface area contributed by atoms with Crippen LogP contribution < -0.4 is 10.6 Å². The highest BCUT2D eigenvalue weighted by molar-refractivity contribution is 5.68. The van der Waals surface area contributed by atoms with Gasteiger partial charge in [0.15, 0.2) is 0 Å². The lowest BCUT2D eigenvalue weighted by Gasteiger charge is -2.17. The molecule has 2 aromatic carbocycles. The number of aryl methyl sites for hydroxylation is 1. The molecule has 2 aromatic rings. The first-order valence-electron chi connectivity index (χ1n) is 6.76. The minimum Gasteiger partial charge on any atom is -0.388 e. The van der Waals surface area contributed by atoms with E-state index >= 15 is 0 Å². The average molecular weight is 254 g/mol. The first kappa shape index (κ1) is 13.5. The van der Waals surface area contributed by atoms with Gasteiger partial charge in [0.1, 0.15) is 0 Å². The van der Waals surface area contributed by atoms with Gasteiger partial charge in [-0.1, -0.05) is 32.0 Å². The lowest BCUT2D eigenvalue weighted by atomic mass is 9.98. The van der Waals surface area contributed by atoms with Crippen LogP contribution >= 0.6 is 0 Å². The Morgan fingerprint density at radius 3 is 2.11 bits per heavy atom. The van der Waals surface area contributed by atoms with Gasteiger partial charge in [-0.2, -0.15) is 0 Å². The highest BCUT2D eigenvalue weighted by Gasteiger charge is 2.08. The Hall–Kier alpha value is -1.96. The minimum absolute atomic E-state index is 0.513.